The van der Waals surface area contributed by atoms with Gasteiger partial charge in [0, 0.05) is 12.7 Å². The van der Waals surface area contributed by atoms with Crippen molar-refractivity contribution in [3.8, 4) is 0 Å². The van der Waals surface area contributed by atoms with Crippen molar-refractivity contribution in [2.75, 3.05) is 7.11 Å². The molecule has 0 radical (unpaired) electrons. The van der Waals surface area contributed by atoms with Crippen LogP contribution in [0.3, 0.4) is 0 Å². The number of hydrogen-bond donors (Lipinski definition) is 1. The van der Waals surface area contributed by atoms with Crippen molar-refractivity contribution in [1.82, 2.24) is 5.32 Å². The summed E-state index contributed by atoms with van der Waals surface area (Å²) in [6, 6.07) is 9.18. The Morgan fingerprint density at radius 1 is 1.38 bits per heavy atom. The molecule has 0 aliphatic heterocycles. The number of nitrogens with one attached hydrogen (secondary N) is 1. The Morgan fingerprint density at radius 2 is 2.06 bits per heavy atom. The molecule has 1 aromatic rings. The molecule has 0 heterocycles. The van der Waals surface area contributed by atoms with Crippen LogP contribution in [0.4, 0.5) is 0 Å². The molecule has 0 aromatic heterocycles. The third kappa shape index (κ3) is 4.03. The zero-order chi connectivity index (χ0) is 11.8. The van der Waals surface area contributed by atoms with Crippen LogP contribution in [0, 0.1) is 0 Å². The lowest BCUT2D eigenvalue weighted by molar-refractivity contribution is 0.0528. The third-order valence-electron chi connectivity index (χ3n) is 2.43. The van der Waals surface area contributed by atoms with E-state index in [1.807, 2.05) is 18.2 Å². The van der Waals surface area contributed by atoms with Crippen LogP contribution in [0.25, 0.3) is 0 Å². The van der Waals surface area contributed by atoms with E-state index in [4.69, 9.17) is 4.74 Å². The minimum absolute atomic E-state index is 0.0800. The second-order valence-corrected chi connectivity index (χ2v) is 3.71. The SMILES string of the molecule is CCCCC(NC(=O)c1ccccc1)OC. The number of amides is 1. The summed E-state index contributed by atoms with van der Waals surface area (Å²) in [4.78, 5) is 11.8. The third-order valence-corrected chi connectivity index (χ3v) is 2.43. The number of ether oxygens (including phenoxy) is 1. The van der Waals surface area contributed by atoms with Gasteiger partial charge in [0.15, 0.2) is 0 Å². The van der Waals surface area contributed by atoms with Gasteiger partial charge in [-0.05, 0) is 25.0 Å². The zero-order valence-corrected chi connectivity index (χ0v) is 9.90. The van der Waals surface area contributed by atoms with E-state index in [1.165, 1.54) is 0 Å². The molecule has 0 aliphatic rings. The second kappa shape index (κ2) is 7.01. The number of rotatable bonds is 6. The van der Waals surface area contributed by atoms with Gasteiger partial charge in [-0.2, -0.15) is 0 Å². The molecular formula is C13H19NO2. The highest BCUT2D eigenvalue weighted by Crippen LogP contribution is 2.04. The fraction of sp³-hybridized carbons (Fsp3) is 0.462. The molecule has 3 heteroatoms. The first-order chi connectivity index (χ1) is 7.77. The van der Waals surface area contributed by atoms with Gasteiger partial charge < -0.3 is 10.1 Å². The highest BCUT2D eigenvalue weighted by molar-refractivity contribution is 5.94. The minimum atomic E-state index is -0.187. The van der Waals surface area contributed by atoms with Crippen LogP contribution in [0.5, 0.6) is 0 Å². The molecule has 1 aromatic carbocycles. The second-order valence-electron chi connectivity index (χ2n) is 3.71. The van der Waals surface area contributed by atoms with Gasteiger partial charge in [-0.25, -0.2) is 0 Å². The van der Waals surface area contributed by atoms with Crippen LogP contribution in [0.2, 0.25) is 0 Å². The van der Waals surface area contributed by atoms with Crippen LogP contribution in [0.1, 0.15) is 36.5 Å². The lowest BCUT2D eigenvalue weighted by atomic mass is 10.2. The van der Waals surface area contributed by atoms with Crippen LogP contribution in [-0.4, -0.2) is 19.2 Å². The van der Waals surface area contributed by atoms with Crippen molar-refractivity contribution in [3.63, 3.8) is 0 Å². The topological polar surface area (TPSA) is 38.3 Å². The molecule has 1 N–H and O–H groups in total. The number of benzene rings is 1. The van der Waals surface area contributed by atoms with Gasteiger partial charge >= 0.3 is 0 Å². The van der Waals surface area contributed by atoms with E-state index in [-0.39, 0.29) is 12.1 Å². The molecule has 0 aliphatic carbocycles. The fourth-order valence-corrected chi connectivity index (χ4v) is 1.46. The van der Waals surface area contributed by atoms with Gasteiger partial charge in [-0.3, -0.25) is 4.79 Å². The molecule has 1 atom stereocenters. The van der Waals surface area contributed by atoms with E-state index in [2.05, 4.69) is 12.2 Å². The van der Waals surface area contributed by atoms with Crippen LogP contribution >= 0.6 is 0 Å². The molecule has 16 heavy (non-hydrogen) atoms. The van der Waals surface area contributed by atoms with Gasteiger partial charge in [0.25, 0.3) is 5.91 Å². The molecule has 88 valence electrons. The molecule has 0 bridgehead atoms. The van der Waals surface area contributed by atoms with Crippen molar-refractivity contribution >= 4 is 5.91 Å². The maximum absolute atomic E-state index is 11.8. The van der Waals surface area contributed by atoms with Gasteiger partial charge in [0.1, 0.15) is 6.23 Å². The van der Waals surface area contributed by atoms with Crippen molar-refractivity contribution in [2.45, 2.75) is 32.4 Å². The van der Waals surface area contributed by atoms with Gasteiger partial charge in [0.05, 0.1) is 0 Å². The summed E-state index contributed by atoms with van der Waals surface area (Å²) in [5, 5.41) is 2.86. The van der Waals surface area contributed by atoms with E-state index in [9.17, 15) is 4.79 Å². The van der Waals surface area contributed by atoms with Crippen molar-refractivity contribution in [1.29, 1.82) is 0 Å². The first-order valence-corrected chi connectivity index (χ1v) is 5.66. The predicted octanol–water partition coefficient (Wildman–Crippen LogP) is 2.58. The molecule has 1 unspecified atom stereocenters. The summed E-state index contributed by atoms with van der Waals surface area (Å²) < 4.78 is 5.21. The Bertz CT molecular complexity index is 311. The average molecular weight is 221 g/mol. The molecule has 0 saturated heterocycles. The first-order valence-electron chi connectivity index (χ1n) is 5.66. The predicted molar refractivity (Wildman–Crippen MR) is 64.2 cm³/mol. The number of hydrogen-bond acceptors (Lipinski definition) is 2. The van der Waals surface area contributed by atoms with Crippen LogP contribution in [0.15, 0.2) is 30.3 Å². The van der Waals surface area contributed by atoms with E-state index in [0.29, 0.717) is 5.56 Å². The Balaban J connectivity index is 2.49. The van der Waals surface area contributed by atoms with E-state index in [1.54, 1.807) is 19.2 Å². The maximum Gasteiger partial charge on any atom is 0.253 e. The Morgan fingerprint density at radius 3 is 2.62 bits per heavy atom. The molecule has 0 saturated carbocycles. The number of unbranched alkanes of at least 4 members (excludes halogenated alkanes) is 1. The normalized spacial score (nSPS) is 12.1. The Labute approximate surface area is 96.8 Å². The van der Waals surface area contributed by atoms with Crippen molar-refractivity contribution < 1.29 is 9.53 Å². The van der Waals surface area contributed by atoms with Crippen LogP contribution in [-0.2, 0) is 4.74 Å². The van der Waals surface area contributed by atoms with E-state index >= 15 is 0 Å². The maximum atomic E-state index is 11.8. The molecule has 1 amide bonds. The standard InChI is InChI=1S/C13H19NO2/c1-3-4-10-12(16-2)14-13(15)11-8-6-5-7-9-11/h5-9,12H,3-4,10H2,1-2H3,(H,14,15). The molecule has 1 rings (SSSR count). The van der Waals surface area contributed by atoms with Crippen LogP contribution < -0.4 is 5.32 Å². The minimum Gasteiger partial charge on any atom is -0.362 e. The quantitative estimate of drug-likeness (QED) is 0.750. The molecule has 0 fully saturated rings. The van der Waals surface area contributed by atoms with Gasteiger partial charge in [-0.15, -0.1) is 0 Å². The number of methoxy groups -OCH3 is 1. The first kappa shape index (κ1) is 12.7. The highest BCUT2D eigenvalue weighted by atomic mass is 16.5. The van der Waals surface area contributed by atoms with Crippen molar-refractivity contribution in [2.24, 2.45) is 0 Å². The summed E-state index contributed by atoms with van der Waals surface area (Å²) >= 11 is 0. The zero-order valence-electron chi connectivity index (χ0n) is 9.90. The lowest BCUT2D eigenvalue weighted by Gasteiger charge is -2.16. The Hall–Kier alpha value is -1.35. The molecule has 3 nitrogen and oxygen atoms in total. The van der Waals surface area contributed by atoms with E-state index < -0.39 is 0 Å². The summed E-state index contributed by atoms with van der Waals surface area (Å²) in [6.45, 7) is 2.12. The van der Waals surface area contributed by atoms with E-state index in [0.717, 1.165) is 19.3 Å². The van der Waals surface area contributed by atoms with Gasteiger partial charge in [0.2, 0.25) is 0 Å². The number of carbonyl (C=O) groups excluding carboxylic acids is 1. The van der Waals surface area contributed by atoms with Crippen molar-refractivity contribution in [3.05, 3.63) is 35.9 Å². The summed E-state index contributed by atoms with van der Waals surface area (Å²) in [5.41, 5.74) is 0.668. The molecular weight excluding hydrogens is 202 g/mol. The fourth-order valence-electron chi connectivity index (χ4n) is 1.46. The highest BCUT2D eigenvalue weighted by Gasteiger charge is 2.11. The summed E-state index contributed by atoms with van der Waals surface area (Å²) in [5.74, 6) is -0.0800. The smallest absolute Gasteiger partial charge is 0.253 e. The monoisotopic (exact) mass is 221 g/mol. The number of carbonyl (C=O) groups is 1. The van der Waals surface area contributed by atoms with Gasteiger partial charge in [-0.1, -0.05) is 31.5 Å². The lowest BCUT2D eigenvalue weighted by Crippen LogP contribution is -2.36. The average Bonchev–Trinajstić information content (AvgIpc) is 2.35. The summed E-state index contributed by atoms with van der Waals surface area (Å²) in [6.07, 6.45) is 2.81. The Kier molecular flexibility index (Phi) is 5.57. The molecule has 0 spiro atoms. The summed E-state index contributed by atoms with van der Waals surface area (Å²) in [7, 11) is 1.62. The largest absolute Gasteiger partial charge is 0.362 e.